The van der Waals surface area contributed by atoms with Gasteiger partial charge in [0, 0.05) is 16.8 Å². The average molecular weight is 551 g/mol. The number of methoxy groups -OCH3 is 1. The summed E-state index contributed by atoms with van der Waals surface area (Å²) < 4.78 is 16.3. The molecule has 0 saturated heterocycles. The minimum Gasteiger partial charge on any atom is -0.493 e. The maximum absolute atomic E-state index is 12.2. The second-order valence-corrected chi connectivity index (χ2v) is 8.57. The molecule has 3 rings (SSSR count). The van der Waals surface area contributed by atoms with Gasteiger partial charge in [-0.15, -0.1) is 0 Å². The molecule has 0 spiro atoms. The quantitative estimate of drug-likeness (QED) is 0.197. The van der Waals surface area contributed by atoms with E-state index in [-0.39, 0.29) is 34.9 Å². The van der Waals surface area contributed by atoms with Gasteiger partial charge in [-0.05, 0) is 48.4 Å². The van der Waals surface area contributed by atoms with Crippen LogP contribution in [0.2, 0.25) is 15.1 Å². The summed E-state index contributed by atoms with van der Waals surface area (Å²) in [5.74, 6) is 0.128. The summed E-state index contributed by atoms with van der Waals surface area (Å²) in [6, 6.07) is 15.3. The fourth-order valence-electron chi connectivity index (χ4n) is 2.92. The topological polar surface area (TPSA) is 98.2 Å². The molecule has 0 aliphatic heterocycles. The smallest absolute Gasteiger partial charge is 0.277 e. The Morgan fingerprint density at radius 2 is 1.64 bits per heavy atom. The molecule has 0 atom stereocenters. The summed E-state index contributed by atoms with van der Waals surface area (Å²) in [5.41, 5.74) is 4.63. The van der Waals surface area contributed by atoms with Crippen LogP contribution in [0.5, 0.6) is 17.2 Å². The fourth-order valence-corrected chi connectivity index (χ4v) is 3.56. The lowest BCUT2D eigenvalue weighted by Crippen LogP contribution is -2.24. The molecule has 2 amide bonds. The number of aryl methyl sites for hydroxylation is 1. The maximum atomic E-state index is 12.2. The summed E-state index contributed by atoms with van der Waals surface area (Å²) in [5, 5.41) is 7.39. The van der Waals surface area contributed by atoms with Gasteiger partial charge >= 0.3 is 0 Å². The Bertz CT molecular complexity index is 1280. The van der Waals surface area contributed by atoms with E-state index >= 15 is 0 Å². The Labute approximate surface area is 223 Å². The van der Waals surface area contributed by atoms with E-state index in [0.717, 1.165) is 11.3 Å². The molecule has 0 unspecified atom stereocenters. The summed E-state index contributed by atoms with van der Waals surface area (Å²) in [7, 11) is 1.48. The number of amides is 2. The number of hydrogen-bond donors (Lipinski definition) is 2. The van der Waals surface area contributed by atoms with Crippen molar-refractivity contribution in [2.24, 2.45) is 5.10 Å². The highest BCUT2D eigenvalue weighted by molar-refractivity contribution is 6.44. The zero-order valence-electron chi connectivity index (χ0n) is 19.3. The van der Waals surface area contributed by atoms with Crippen molar-refractivity contribution < 1.29 is 23.8 Å². The Balaban J connectivity index is 1.51. The molecule has 0 aliphatic rings. The van der Waals surface area contributed by atoms with Crippen molar-refractivity contribution in [1.29, 1.82) is 0 Å². The van der Waals surface area contributed by atoms with E-state index in [0.29, 0.717) is 22.1 Å². The first-order valence-corrected chi connectivity index (χ1v) is 11.7. The first-order chi connectivity index (χ1) is 17.3. The molecule has 0 fully saturated rings. The van der Waals surface area contributed by atoms with Gasteiger partial charge in [0.05, 0.1) is 18.3 Å². The number of nitrogens with one attached hydrogen (secondary N) is 2. The van der Waals surface area contributed by atoms with Gasteiger partial charge in [0.2, 0.25) is 0 Å². The highest BCUT2D eigenvalue weighted by atomic mass is 35.5. The van der Waals surface area contributed by atoms with E-state index < -0.39 is 5.91 Å². The summed E-state index contributed by atoms with van der Waals surface area (Å²) >= 11 is 17.9. The van der Waals surface area contributed by atoms with Crippen LogP contribution >= 0.6 is 34.8 Å². The van der Waals surface area contributed by atoms with Crippen LogP contribution < -0.4 is 25.0 Å². The molecule has 0 aliphatic carbocycles. The molecular formula is C25H22Cl3N3O5. The van der Waals surface area contributed by atoms with Gasteiger partial charge in [-0.25, -0.2) is 5.43 Å². The number of para-hydroxylation sites is 1. The van der Waals surface area contributed by atoms with Gasteiger partial charge in [0.25, 0.3) is 11.8 Å². The maximum Gasteiger partial charge on any atom is 0.277 e. The van der Waals surface area contributed by atoms with Crippen LogP contribution in [0.1, 0.15) is 11.1 Å². The molecule has 3 aromatic carbocycles. The molecule has 0 radical (unpaired) electrons. The number of halogens is 3. The van der Waals surface area contributed by atoms with Crippen LogP contribution in [0.15, 0.2) is 59.7 Å². The molecule has 0 aromatic heterocycles. The van der Waals surface area contributed by atoms with Gasteiger partial charge in [0.15, 0.2) is 24.7 Å². The number of hydrazone groups is 1. The second kappa shape index (κ2) is 13.0. The second-order valence-electron chi connectivity index (χ2n) is 7.34. The van der Waals surface area contributed by atoms with Crippen LogP contribution in [-0.2, 0) is 9.59 Å². The Morgan fingerprint density at radius 3 is 2.39 bits per heavy atom. The Morgan fingerprint density at radius 1 is 0.917 bits per heavy atom. The van der Waals surface area contributed by atoms with Crippen LogP contribution in [0, 0.1) is 6.92 Å². The third-order valence-corrected chi connectivity index (χ3v) is 5.69. The third-order valence-electron chi connectivity index (χ3n) is 4.69. The lowest BCUT2D eigenvalue weighted by molar-refractivity contribution is -0.123. The van der Waals surface area contributed by atoms with Crippen LogP contribution in [0.3, 0.4) is 0 Å². The molecule has 188 valence electrons. The molecule has 0 bridgehead atoms. The van der Waals surface area contributed by atoms with Gasteiger partial charge in [-0.3, -0.25) is 9.59 Å². The number of ether oxygens (including phenoxy) is 3. The molecule has 0 saturated carbocycles. The normalized spacial score (nSPS) is 10.7. The van der Waals surface area contributed by atoms with E-state index in [2.05, 4.69) is 15.8 Å². The zero-order valence-corrected chi connectivity index (χ0v) is 21.6. The van der Waals surface area contributed by atoms with E-state index in [4.69, 9.17) is 49.0 Å². The highest BCUT2D eigenvalue weighted by Gasteiger charge is 2.11. The summed E-state index contributed by atoms with van der Waals surface area (Å²) in [6.07, 6.45) is 1.41. The summed E-state index contributed by atoms with van der Waals surface area (Å²) in [4.78, 5) is 24.3. The average Bonchev–Trinajstić information content (AvgIpc) is 2.85. The first kappa shape index (κ1) is 27.1. The minimum atomic E-state index is -0.523. The van der Waals surface area contributed by atoms with Crippen molar-refractivity contribution in [3.8, 4) is 17.2 Å². The monoisotopic (exact) mass is 549 g/mol. The van der Waals surface area contributed by atoms with Crippen molar-refractivity contribution in [1.82, 2.24) is 5.43 Å². The van der Waals surface area contributed by atoms with Crippen molar-refractivity contribution in [3.63, 3.8) is 0 Å². The van der Waals surface area contributed by atoms with Crippen molar-refractivity contribution in [3.05, 3.63) is 80.8 Å². The third kappa shape index (κ3) is 7.78. The fraction of sp³-hybridized carbons (Fsp3) is 0.160. The van der Waals surface area contributed by atoms with Crippen molar-refractivity contribution in [2.45, 2.75) is 6.92 Å². The highest BCUT2D eigenvalue weighted by Crippen LogP contribution is 2.35. The molecule has 36 heavy (non-hydrogen) atoms. The van der Waals surface area contributed by atoms with Gasteiger partial charge in [-0.1, -0.05) is 53.0 Å². The van der Waals surface area contributed by atoms with Gasteiger partial charge in [0.1, 0.15) is 10.8 Å². The SMILES string of the molecule is COc1cc(/C=N\NC(=O)COc2cc(Cl)cc(Cl)c2Cl)ccc1OCC(=O)Nc1ccccc1C. The predicted octanol–water partition coefficient (Wildman–Crippen LogP) is 5.51. The first-order valence-electron chi connectivity index (χ1n) is 10.5. The van der Waals surface area contributed by atoms with Crippen LogP contribution in [0.25, 0.3) is 0 Å². The standard InChI is InChI=1S/C25H22Cl3N3O5/c1-15-5-3-4-6-19(15)30-23(32)13-35-20-8-7-16(9-21(20)34-2)12-29-31-24(33)14-36-22-11-17(26)10-18(27)25(22)28/h3-12H,13-14H2,1-2H3,(H,30,32)(H,31,33)/b29-12-. The largest absolute Gasteiger partial charge is 0.493 e. The molecule has 0 heterocycles. The molecule has 2 N–H and O–H groups in total. The number of rotatable bonds is 10. The van der Waals surface area contributed by atoms with Crippen molar-refractivity contribution in [2.75, 3.05) is 25.6 Å². The van der Waals surface area contributed by atoms with E-state index in [1.165, 1.54) is 25.5 Å². The van der Waals surface area contributed by atoms with E-state index in [1.807, 2.05) is 31.2 Å². The van der Waals surface area contributed by atoms with Gasteiger partial charge in [-0.2, -0.15) is 5.10 Å². The van der Waals surface area contributed by atoms with Crippen LogP contribution in [0.4, 0.5) is 5.69 Å². The van der Waals surface area contributed by atoms with E-state index in [9.17, 15) is 9.59 Å². The summed E-state index contributed by atoms with van der Waals surface area (Å²) in [6.45, 7) is 1.35. The number of carbonyl (C=O) groups excluding carboxylic acids is 2. The zero-order chi connectivity index (χ0) is 26.1. The Kier molecular flexibility index (Phi) is 9.81. The lowest BCUT2D eigenvalue weighted by Gasteiger charge is -2.12. The number of nitrogens with zero attached hydrogens (tertiary/aromatic N) is 1. The van der Waals surface area contributed by atoms with Gasteiger partial charge < -0.3 is 19.5 Å². The minimum absolute atomic E-state index is 0.152. The Hall–Kier alpha value is -3.46. The predicted molar refractivity (Wildman–Crippen MR) is 141 cm³/mol. The van der Waals surface area contributed by atoms with E-state index in [1.54, 1.807) is 18.2 Å². The van der Waals surface area contributed by atoms with Crippen LogP contribution in [-0.4, -0.2) is 38.4 Å². The molecule has 3 aromatic rings. The number of hydrogen-bond acceptors (Lipinski definition) is 6. The molecule has 11 heteroatoms. The molecular weight excluding hydrogens is 529 g/mol. The number of carbonyl (C=O) groups is 2. The molecule has 8 nitrogen and oxygen atoms in total. The number of anilines is 1. The van der Waals surface area contributed by atoms with Crippen molar-refractivity contribution >= 4 is 58.5 Å². The lowest BCUT2D eigenvalue weighted by atomic mass is 10.2. The number of benzene rings is 3.